The molecule has 3 aromatic rings. The summed E-state index contributed by atoms with van der Waals surface area (Å²) in [5.74, 6) is -1.16. The molecule has 2 aromatic carbocycles. The van der Waals surface area contributed by atoms with Gasteiger partial charge >= 0.3 is 0 Å². The van der Waals surface area contributed by atoms with Gasteiger partial charge in [0.15, 0.2) is 5.13 Å². The number of aromatic nitrogens is 1. The lowest BCUT2D eigenvalue weighted by atomic mass is 10.1. The van der Waals surface area contributed by atoms with Crippen LogP contribution in [0, 0.1) is 12.7 Å². The molecule has 1 heterocycles. The molecule has 0 aliphatic heterocycles. The summed E-state index contributed by atoms with van der Waals surface area (Å²) in [6, 6.07) is 13.5. The van der Waals surface area contributed by atoms with E-state index < -0.39 is 11.7 Å². The van der Waals surface area contributed by atoms with E-state index in [1.54, 1.807) is 6.92 Å². The van der Waals surface area contributed by atoms with Gasteiger partial charge in [0.25, 0.3) is 11.8 Å². The fraction of sp³-hybridized carbons (Fsp3) is 0.190. The SMILES string of the molecule is Cc1nc(NC(=O)c2cccc(F)c2)sc1C(=O)NC1CCc2ccccc21. The number of nitrogens with zero attached hydrogens (tertiary/aromatic N) is 1. The second kappa shape index (κ2) is 7.52. The molecule has 28 heavy (non-hydrogen) atoms. The van der Waals surface area contributed by atoms with E-state index >= 15 is 0 Å². The van der Waals surface area contributed by atoms with E-state index in [0.717, 1.165) is 35.8 Å². The van der Waals surface area contributed by atoms with Gasteiger partial charge in [-0.2, -0.15) is 0 Å². The largest absolute Gasteiger partial charge is 0.344 e. The van der Waals surface area contributed by atoms with Gasteiger partial charge in [0.05, 0.1) is 11.7 Å². The minimum absolute atomic E-state index is 0.0180. The van der Waals surface area contributed by atoms with Gasteiger partial charge in [-0.05, 0) is 49.1 Å². The van der Waals surface area contributed by atoms with Gasteiger partial charge in [0.2, 0.25) is 0 Å². The lowest BCUT2D eigenvalue weighted by molar-refractivity contribution is 0.0939. The lowest BCUT2D eigenvalue weighted by Crippen LogP contribution is -2.26. The van der Waals surface area contributed by atoms with Gasteiger partial charge in [0.1, 0.15) is 10.7 Å². The fourth-order valence-corrected chi connectivity index (χ4v) is 4.26. The zero-order valence-electron chi connectivity index (χ0n) is 15.2. The summed E-state index contributed by atoms with van der Waals surface area (Å²) in [6.45, 7) is 1.73. The van der Waals surface area contributed by atoms with Crippen LogP contribution in [-0.2, 0) is 6.42 Å². The highest BCUT2D eigenvalue weighted by Gasteiger charge is 2.25. The van der Waals surface area contributed by atoms with Crippen molar-refractivity contribution < 1.29 is 14.0 Å². The average molecular weight is 395 g/mol. The van der Waals surface area contributed by atoms with Crippen LogP contribution in [0.25, 0.3) is 0 Å². The zero-order valence-corrected chi connectivity index (χ0v) is 16.0. The Labute approximate surface area is 165 Å². The molecular weight excluding hydrogens is 377 g/mol. The van der Waals surface area contributed by atoms with E-state index in [9.17, 15) is 14.0 Å². The number of anilines is 1. The van der Waals surface area contributed by atoms with Crippen molar-refractivity contribution >= 4 is 28.3 Å². The van der Waals surface area contributed by atoms with Gasteiger partial charge in [-0.15, -0.1) is 0 Å². The van der Waals surface area contributed by atoms with E-state index in [-0.39, 0.29) is 17.5 Å². The smallest absolute Gasteiger partial charge is 0.263 e. The van der Waals surface area contributed by atoms with Crippen LogP contribution in [0.3, 0.4) is 0 Å². The van der Waals surface area contributed by atoms with E-state index in [2.05, 4.69) is 21.7 Å². The van der Waals surface area contributed by atoms with Crippen molar-refractivity contribution in [3.63, 3.8) is 0 Å². The molecule has 0 radical (unpaired) electrons. The van der Waals surface area contributed by atoms with E-state index in [1.807, 2.05) is 18.2 Å². The summed E-state index contributed by atoms with van der Waals surface area (Å²) in [7, 11) is 0. The highest BCUT2D eigenvalue weighted by Crippen LogP contribution is 2.32. The molecule has 1 aromatic heterocycles. The van der Waals surface area contributed by atoms with Crippen molar-refractivity contribution in [1.82, 2.24) is 10.3 Å². The minimum atomic E-state index is -0.486. The van der Waals surface area contributed by atoms with Crippen LogP contribution in [0.1, 0.15) is 49.3 Å². The van der Waals surface area contributed by atoms with Crippen LogP contribution in [0.4, 0.5) is 9.52 Å². The molecule has 1 aliphatic carbocycles. The number of hydrogen-bond donors (Lipinski definition) is 2. The number of amides is 2. The molecule has 2 amide bonds. The molecule has 1 atom stereocenters. The van der Waals surface area contributed by atoms with E-state index in [1.165, 1.54) is 23.8 Å². The Balaban J connectivity index is 1.47. The normalized spacial score (nSPS) is 15.1. The van der Waals surface area contributed by atoms with Crippen LogP contribution in [0.2, 0.25) is 0 Å². The molecule has 0 fully saturated rings. The fourth-order valence-electron chi connectivity index (χ4n) is 3.39. The number of hydrogen-bond acceptors (Lipinski definition) is 4. The molecule has 0 spiro atoms. The lowest BCUT2D eigenvalue weighted by Gasteiger charge is -2.13. The Bertz CT molecular complexity index is 1060. The third kappa shape index (κ3) is 3.66. The van der Waals surface area contributed by atoms with Crippen LogP contribution in [-0.4, -0.2) is 16.8 Å². The Morgan fingerprint density at radius 3 is 2.79 bits per heavy atom. The van der Waals surface area contributed by atoms with Crippen molar-refractivity contribution in [2.24, 2.45) is 0 Å². The summed E-state index contributed by atoms with van der Waals surface area (Å²) < 4.78 is 13.3. The summed E-state index contributed by atoms with van der Waals surface area (Å²) in [4.78, 5) is 29.7. The summed E-state index contributed by atoms with van der Waals surface area (Å²) >= 11 is 1.11. The first-order valence-electron chi connectivity index (χ1n) is 8.94. The van der Waals surface area contributed by atoms with Gasteiger partial charge in [0, 0.05) is 5.56 Å². The van der Waals surface area contributed by atoms with Crippen LogP contribution in [0.15, 0.2) is 48.5 Å². The number of thiazole rings is 1. The maximum atomic E-state index is 13.3. The molecular formula is C21H18FN3O2S. The van der Waals surface area contributed by atoms with Gasteiger partial charge in [-0.3, -0.25) is 14.9 Å². The van der Waals surface area contributed by atoms with E-state index in [4.69, 9.17) is 0 Å². The van der Waals surface area contributed by atoms with Crippen molar-refractivity contribution in [1.29, 1.82) is 0 Å². The highest BCUT2D eigenvalue weighted by atomic mass is 32.1. The van der Waals surface area contributed by atoms with Crippen LogP contribution >= 0.6 is 11.3 Å². The second-order valence-electron chi connectivity index (χ2n) is 6.66. The predicted octanol–water partition coefficient (Wildman–Crippen LogP) is 4.26. The molecule has 1 unspecified atom stereocenters. The molecule has 0 bridgehead atoms. The maximum Gasteiger partial charge on any atom is 0.263 e. The molecule has 5 nitrogen and oxygen atoms in total. The highest BCUT2D eigenvalue weighted by molar-refractivity contribution is 7.17. The molecule has 142 valence electrons. The van der Waals surface area contributed by atoms with Gasteiger partial charge in [-0.1, -0.05) is 41.7 Å². The van der Waals surface area contributed by atoms with Crippen molar-refractivity contribution in [3.8, 4) is 0 Å². The van der Waals surface area contributed by atoms with Crippen LogP contribution < -0.4 is 10.6 Å². The number of nitrogens with one attached hydrogen (secondary N) is 2. The predicted molar refractivity (Wildman–Crippen MR) is 106 cm³/mol. The molecule has 7 heteroatoms. The van der Waals surface area contributed by atoms with Crippen molar-refractivity contribution in [3.05, 3.63) is 81.6 Å². The topological polar surface area (TPSA) is 71.1 Å². The molecule has 0 saturated carbocycles. The first-order chi connectivity index (χ1) is 13.5. The summed E-state index contributed by atoms with van der Waals surface area (Å²) in [5.41, 5.74) is 3.15. The third-order valence-electron chi connectivity index (χ3n) is 4.75. The Morgan fingerprint density at radius 2 is 1.96 bits per heavy atom. The quantitative estimate of drug-likeness (QED) is 0.693. The first kappa shape index (κ1) is 18.3. The molecule has 1 aliphatic rings. The van der Waals surface area contributed by atoms with Crippen molar-refractivity contribution in [2.45, 2.75) is 25.8 Å². The number of fused-ring (bicyclic) bond motifs is 1. The number of halogens is 1. The van der Waals surface area contributed by atoms with Crippen molar-refractivity contribution in [2.75, 3.05) is 5.32 Å². The second-order valence-corrected chi connectivity index (χ2v) is 7.66. The average Bonchev–Trinajstić information content (AvgIpc) is 3.25. The molecule has 4 rings (SSSR count). The number of rotatable bonds is 4. The van der Waals surface area contributed by atoms with Gasteiger partial charge < -0.3 is 5.32 Å². The standard InChI is InChI=1S/C21H18FN3O2S/c1-12-18(20(27)24-17-10-9-13-5-2-3-8-16(13)17)28-21(23-12)25-19(26)14-6-4-7-15(22)11-14/h2-8,11,17H,9-10H2,1H3,(H,24,27)(H,23,25,26). The third-order valence-corrected chi connectivity index (χ3v) is 5.82. The Hall–Kier alpha value is -3.06. The minimum Gasteiger partial charge on any atom is -0.344 e. The Kier molecular flexibility index (Phi) is 4.92. The summed E-state index contributed by atoms with van der Waals surface area (Å²) in [6.07, 6.45) is 1.81. The number of benzene rings is 2. The summed E-state index contributed by atoms with van der Waals surface area (Å²) in [5, 5.41) is 6.01. The molecule has 2 N–H and O–H groups in total. The number of carbonyl (C=O) groups excluding carboxylic acids is 2. The Morgan fingerprint density at radius 1 is 1.14 bits per heavy atom. The number of carbonyl (C=O) groups is 2. The monoisotopic (exact) mass is 395 g/mol. The number of aryl methyl sites for hydroxylation is 2. The first-order valence-corrected chi connectivity index (χ1v) is 9.76. The van der Waals surface area contributed by atoms with E-state index in [0.29, 0.717) is 15.7 Å². The van der Waals surface area contributed by atoms with Crippen LogP contribution in [0.5, 0.6) is 0 Å². The molecule has 0 saturated heterocycles. The van der Waals surface area contributed by atoms with Gasteiger partial charge in [-0.25, -0.2) is 9.37 Å². The maximum absolute atomic E-state index is 13.3. The zero-order chi connectivity index (χ0) is 19.7.